The molecule has 0 spiro atoms. The first-order chi connectivity index (χ1) is 9.24. The summed E-state index contributed by atoms with van der Waals surface area (Å²) in [5.41, 5.74) is 1.09. The maximum atomic E-state index is 11.2. The van der Waals surface area contributed by atoms with E-state index in [0.29, 0.717) is 13.0 Å². The minimum absolute atomic E-state index is 0.138. The van der Waals surface area contributed by atoms with Gasteiger partial charge >= 0.3 is 0 Å². The molecule has 6 nitrogen and oxygen atoms in total. The summed E-state index contributed by atoms with van der Waals surface area (Å²) in [4.78, 5) is 19.7. The second-order valence-corrected chi connectivity index (χ2v) is 4.62. The van der Waals surface area contributed by atoms with E-state index >= 15 is 0 Å². The van der Waals surface area contributed by atoms with Gasteiger partial charge in [-0.25, -0.2) is 9.97 Å². The number of carbonyl (C=O) groups is 1. The lowest BCUT2D eigenvalue weighted by atomic mass is 10.2. The molecule has 1 atom stereocenters. The molecule has 1 saturated heterocycles. The fourth-order valence-corrected chi connectivity index (χ4v) is 2.27. The predicted octanol–water partition coefficient (Wildman–Crippen LogP) is 1.16. The van der Waals surface area contributed by atoms with Crippen molar-refractivity contribution in [3.05, 3.63) is 11.9 Å². The van der Waals surface area contributed by atoms with Crippen molar-refractivity contribution in [2.45, 2.75) is 39.2 Å². The third-order valence-corrected chi connectivity index (χ3v) is 3.24. The molecule has 0 bridgehead atoms. The molecule has 2 heterocycles. The molecular weight excluding hydrogens is 242 g/mol. The van der Waals surface area contributed by atoms with E-state index in [1.807, 2.05) is 6.92 Å². The summed E-state index contributed by atoms with van der Waals surface area (Å²) in [6.45, 7) is 5.67. The Morgan fingerprint density at radius 3 is 2.63 bits per heavy atom. The largest absolute Gasteiger partial charge is 0.370 e. The first kappa shape index (κ1) is 13.6. The second kappa shape index (κ2) is 6.36. The van der Waals surface area contributed by atoms with Crippen molar-refractivity contribution >= 4 is 17.5 Å². The molecule has 1 aliphatic rings. The molecule has 104 valence electrons. The van der Waals surface area contributed by atoms with Crippen LogP contribution in [0.5, 0.6) is 0 Å². The van der Waals surface area contributed by atoms with Crippen LogP contribution in [0.25, 0.3) is 0 Å². The van der Waals surface area contributed by atoms with Crippen molar-refractivity contribution < 1.29 is 4.79 Å². The number of carbonyl (C=O) groups excluding carboxylic acids is 1. The van der Waals surface area contributed by atoms with E-state index in [1.54, 1.807) is 6.33 Å². The van der Waals surface area contributed by atoms with Crippen molar-refractivity contribution in [2.75, 3.05) is 23.7 Å². The Bertz CT molecular complexity index is 449. The number of amides is 1. The molecule has 1 amide bonds. The van der Waals surface area contributed by atoms with E-state index in [2.05, 4.69) is 32.8 Å². The van der Waals surface area contributed by atoms with Crippen molar-refractivity contribution in [1.29, 1.82) is 0 Å². The Balaban J connectivity index is 2.02. The molecule has 1 aromatic rings. The van der Waals surface area contributed by atoms with Crippen LogP contribution >= 0.6 is 0 Å². The van der Waals surface area contributed by atoms with Gasteiger partial charge in [0.25, 0.3) is 0 Å². The molecule has 1 aliphatic heterocycles. The van der Waals surface area contributed by atoms with Crippen LogP contribution in [0.15, 0.2) is 6.33 Å². The molecule has 0 aliphatic carbocycles. The number of anilines is 2. The van der Waals surface area contributed by atoms with Crippen LogP contribution in [0.4, 0.5) is 11.6 Å². The second-order valence-electron chi connectivity index (χ2n) is 4.62. The van der Waals surface area contributed by atoms with Crippen LogP contribution < -0.4 is 16.0 Å². The Kier molecular flexibility index (Phi) is 4.54. The van der Waals surface area contributed by atoms with E-state index in [4.69, 9.17) is 0 Å². The van der Waals surface area contributed by atoms with Crippen LogP contribution in [0.2, 0.25) is 0 Å². The highest BCUT2D eigenvalue weighted by molar-refractivity contribution is 5.78. The average Bonchev–Trinajstić information content (AvgIpc) is 2.83. The Hall–Kier alpha value is -1.85. The number of hydrogen-bond acceptors (Lipinski definition) is 5. The molecule has 0 saturated carbocycles. The van der Waals surface area contributed by atoms with Crippen LogP contribution in [0.1, 0.15) is 32.3 Å². The summed E-state index contributed by atoms with van der Waals surface area (Å²) in [7, 11) is 0. The zero-order chi connectivity index (χ0) is 13.7. The monoisotopic (exact) mass is 263 g/mol. The Morgan fingerprint density at radius 1 is 1.32 bits per heavy atom. The fraction of sp³-hybridized carbons (Fsp3) is 0.615. The highest BCUT2D eigenvalue weighted by atomic mass is 16.1. The lowest BCUT2D eigenvalue weighted by molar-refractivity contribution is -0.119. The third-order valence-electron chi connectivity index (χ3n) is 3.24. The molecular formula is C13H21N5O. The number of hydrogen-bond donors (Lipinski definition) is 3. The van der Waals surface area contributed by atoms with Gasteiger partial charge in [-0.2, -0.15) is 0 Å². The third kappa shape index (κ3) is 3.33. The quantitative estimate of drug-likeness (QED) is 0.718. The standard InChI is InChI=1S/C13H21N5O/c1-3-10-12(14-4-2)16-8-17-13(10)15-7-9-5-6-11(19)18-9/h8-9H,3-7H2,1-2H3,(H,18,19)(H2,14,15,16,17). The zero-order valence-corrected chi connectivity index (χ0v) is 11.5. The summed E-state index contributed by atoms with van der Waals surface area (Å²) in [5.74, 6) is 1.88. The number of aromatic nitrogens is 2. The zero-order valence-electron chi connectivity index (χ0n) is 11.5. The van der Waals surface area contributed by atoms with Crippen molar-refractivity contribution in [1.82, 2.24) is 15.3 Å². The maximum Gasteiger partial charge on any atom is 0.220 e. The minimum Gasteiger partial charge on any atom is -0.370 e. The first-order valence-corrected chi connectivity index (χ1v) is 6.85. The van der Waals surface area contributed by atoms with E-state index in [0.717, 1.165) is 36.6 Å². The highest BCUT2D eigenvalue weighted by Crippen LogP contribution is 2.20. The first-order valence-electron chi connectivity index (χ1n) is 6.85. The van der Waals surface area contributed by atoms with E-state index in [9.17, 15) is 4.79 Å². The fourth-order valence-electron chi connectivity index (χ4n) is 2.27. The molecule has 19 heavy (non-hydrogen) atoms. The van der Waals surface area contributed by atoms with Gasteiger partial charge in [0.2, 0.25) is 5.91 Å². The van der Waals surface area contributed by atoms with Crippen LogP contribution in [0.3, 0.4) is 0 Å². The van der Waals surface area contributed by atoms with Crippen molar-refractivity contribution in [3.8, 4) is 0 Å². The molecule has 1 aromatic heterocycles. The molecule has 1 unspecified atom stereocenters. The smallest absolute Gasteiger partial charge is 0.220 e. The highest BCUT2D eigenvalue weighted by Gasteiger charge is 2.20. The Labute approximate surface area is 113 Å². The van der Waals surface area contributed by atoms with Gasteiger partial charge in [0, 0.05) is 31.1 Å². The summed E-state index contributed by atoms with van der Waals surface area (Å²) in [6.07, 6.45) is 3.94. The Morgan fingerprint density at radius 2 is 2.05 bits per heavy atom. The van der Waals surface area contributed by atoms with Crippen molar-refractivity contribution in [2.24, 2.45) is 0 Å². The van der Waals surface area contributed by atoms with Gasteiger partial charge in [0.15, 0.2) is 0 Å². The molecule has 2 rings (SSSR count). The van der Waals surface area contributed by atoms with Crippen LogP contribution in [-0.4, -0.2) is 35.0 Å². The number of nitrogens with zero attached hydrogens (tertiary/aromatic N) is 2. The van der Waals surface area contributed by atoms with Gasteiger partial charge in [-0.05, 0) is 19.8 Å². The van der Waals surface area contributed by atoms with Gasteiger partial charge in [-0.15, -0.1) is 0 Å². The van der Waals surface area contributed by atoms with Crippen LogP contribution in [0, 0.1) is 0 Å². The van der Waals surface area contributed by atoms with Gasteiger partial charge in [0.05, 0.1) is 0 Å². The summed E-state index contributed by atoms with van der Waals surface area (Å²) >= 11 is 0. The molecule has 6 heteroatoms. The molecule has 1 fully saturated rings. The molecule has 0 radical (unpaired) electrons. The predicted molar refractivity (Wildman–Crippen MR) is 75.2 cm³/mol. The van der Waals surface area contributed by atoms with Gasteiger partial charge in [0.1, 0.15) is 18.0 Å². The van der Waals surface area contributed by atoms with Crippen LogP contribution in [-0.2, 0) is 11.2 Å². The topological polar surface area (TPSA) is 78.9 Å². The minimum atomic E-state index is 0.138. The lowest BCUT2D eigenvalue weighted by Gasteiger charge is -2.16. The van der Waals surface area contributed by atoms with Gasteiger partial charge in [-0.1, -0.05) is 6.92 Å². The van der Waals surface area contributed by atoms with Gasteiger partial charge < -0.3 is 16.0 Å². The van der Waals surface area contributed by atoms with Gasteiger partial charge in [-0.3, -0.25) is 4.79 Å². The van der Waals surface area contributed by atoms with E-state index in [1.165, 1.54) is 0 Å². The maximum absolute atomic E-state index is 11.2. The number of nitrogens with one attached hydrogen (secondary N) is 3. The van der Waals surface area contributed by atoms with E-state index in [-0.39, 0.29) is 11.9 Å². The summed E-state index contributed by atoms with van der Waals surface area (Å²) in [6, 6.07) is 0.203. The number of rotatable bonds is 6. The normalized spacial score (nSPS) is 18.2. The molecule has 3 N–H and O–H groups in total. The average molecular weight is 263 g/mol. The molecule has 0 aromatic carbocycles. The summed E-state index contributed by atoms with van der Waals surface area (Å²) < 4.78 is 0. The summed E-state index contributed by atoms with van der Waals surface area (Å²) in [5, 5.41) is 9.50. The van der Waals surface area contributed by atoms with Crippen molar-refractivity contribution in [3.63, 3.8) is 0 Å². The lowest BCUT2D eigenvalue weighted by Crippen LogP contribution is -2.32. The van der Waals surface area contributed by atoms with E-state index < -0.39 is 0 Å². The SMILES string of the molecule is CCNc1ncnc(NCC2CCC(=O)N2)c1CC.